The number of amides is 1. The van der Waals surface area contributed by atoms with E-state index in [-0.39, 0.29) is 11.3 Å². The topological polar surface area (TPSA) is 53.9 Å². The summed E-state index contributed by atoms with van der Waals surface area (Å²) < 4.78 is 5.40. The average Bonchev–Trinajstić information content (AvgIpc) is 2.68. The second-order valence-corrected chi connectivity index (χ2v) is 9.58. The summed E-state index contributed by atoms with van der Waals surface area (Å²) in [5.41, 5.74) is 5.28. The molecule has 5 nitrogen and oxygen atoms in total. The molecule has 6 rings (SSSR count). The Kier molecular flexibility index (Phi) is 4.87. The van der Waals surface area contributed by atoms with Crippen LogP contribution in [0.25, 0.3) is 0 Å². The van der Waals surface area contributed by atoms with Gasteiger partial charge in [-0.2, -0.15) is 5.10 Å². The Bertz CT molecular complexity index is 701. The zero-order valence-electron chi connectivity index (χ0n) is 16.6. The van der Waals surface area contributed by atoms with Crippen molar-refractivity contribution in [2.45, 2.75) is 44.9 Å². The molecule has 1 heterocycles. The summed E-state index contributed by atoms with van der Waals surface area (Å²) in [5.74, 6) is 2.73. The molecule has 0 spiro atoms. The normalized spacial score (nSPS) is 34.1. The van der Waals surface area contributed by atoms with Gasteiger partial charge in [0.2, 0.25) is 5.91 Å². The Morgan fingerprint density at radius 1 is 1.07 bits per heavy atom. The molecule has 0 aromatic heterocycles. The van der Waals surface area contributed by atoms with Gasteiger partial charge in [0.1, 0.15) is 0 Å². The number of carbonyl (C=O) groups excluding carboxylic acids is 1. The predicted molar refractivity (Wildman–Crippen MR) is 110 cm³/mol. The van der Waals surface area contributed by atoms with Crippen molar-refractivity contribution in [2.75, 3.05) is 31.2 Å². The van der Waals surface area contributed by atoms with Crippen LogP contribution in [0.2, 0.25) is 0 Å². The summed E-state index contributed by atoms with van der Waals surface area (Å²) in [6.45, 7) is 3.46. The van der Waals surface area contributed by atoms with E-state index < -0.39 is 0 Å². The van der Waals surface area contributed by atoms with E-state index in [9.17, 15) is 4.79 Å². The first-order chi connectivity index (χ1) is 13.7. The highest BCUT2D eigenvalue weighted by molar-refractivity contribution is 5.83. The molecule has 4 aliphatic carbocycles. The van der Waals surface area contributed by atoms with E-state index in [0.717, 1.165) is 49.6 Å². The third kappa shape index (κ3) is 3.82. The summed E-state index contributed by atoms with van der Waals surface area (Å²) in [4.78, 5) is 14.9. The fourth-order valence-corrected chi connectivity index (χ4v) is 6.66. The summed E-state index contributed by atoms with van der Waals surface area (Å²) in [6.07, 6.45) is 10.4. The third-order valence-corrected chi connectivity index (χ3v) is 7.37. The number of benzene rings is 1. The molecular formula is C23H31N3O2. The van der Waals surface area contributed by atoms with Crippen LogP contribution < -0.4 is 10.3 Å². The molecule has 1 N–H and O–H groups in total. The average molecular weight is 382 g/mol. The van der Waals surface area contributed by atoms with Gasteiger partial charge in [0.05, 0.1) is 19.4 Å². The fraction of sp³-hybridized carbons (Fsp3) is 0.652. The SMILES string of the molecule is O=C(CC12CC3CC(CC(C3)C1)C2)N/N=C\c1ccc(N2CCOCC2)cc1. The molecule has 1 amide bonds. The first kappa shape index (κ1) is 18.2. The molecule has 5 heteroatoms. The maximum Gasteiger partial charge on any atom is 0.240 e. The van der Waals surface area contributed by atoms with E-state index >= 15 is 0 Å². The zero-order valence-corrected chi connectivity index (χ0v) is 16.6. The number of hydrogen-bond donors (Lipinski definition) is 1. The van der Waals surface area contributed by atoms with Gasteiger partial charge in [-0.1, -0.05) is 12.1 Å². The molecule has 150 valence electrons. The van der Waals surface area contributed by atoms with Crippen molar-refractivity contribution in [3.8, 4) is 0 Å². The monoisotopic (exact) mass is 381 g/mol. The lowest BCUT2D eigenvalue weighted by molar-refractivity contribution is -0.129. The smallest absolute Gasteiger partial charge is 0.240 e. The Morgan fingerprint density at radius 2 is 1.68 bits per heavy atom. The number of hydrogen-bond acceptors (Lipinski definition) is 4. The molecule has 1 aliphatic heterocycles. The second kappa shape index (κ2) is 7.51. The molecule has 0 unspecified atom stereocenters. The lowest BCUT2D eigenvalue weighted by Crippen LogP contribution is -2.47. The van der Waals surface area contributed by atoms with Crippen LogP contribution in [0, 0.1) is 23.2 Å². The summed E-state index contributed by atoms with van der Waals surface area (Å²) in [7, 11) is 0. The van der Waals surface area contributed by atoms with Crippen molar-refractivity contribution in [3.05, 3.63) is 29.8 Å². The molecule has 4 saturated carbocycles. The molecule has 0 atom stereocenters. The van der Waals surface area contributed by atoms with Crippen molar-refractivity contribution in [3.63, 3.8) is 0 Å². The van der Waals surface area contributed by atoms with Crippen molar-refractivity contribution < 1.29 is 9.53 Å². The van der Waals surface area contributed by atoms with E-state index in [1.165, 1.54) is 44.2 Å². The van der Waals surface area contributed by atoms with Gasteiger partial charge in [-0.15, -0.1) is 0 Å². The zero-order chi connectivity index (χ0) is 19.0. The Labute approximate surface area is 167 Å². The lowest BCUT2D eigenvalue weighted by atomic mass is 9.49. The van der Waals surface area contributed by atoms with Gasteiger partial charge in [-0.25, -0.2) is 5.43 Å². The summed E-state index contributed by atoms with van der Waals surface area (Å²) >= 11 is 0. The number of nitrogens with zero attached hydrogens (tertiary/aromatic N) is 2. The fourth-order valence-electron chi connectivity index (χ4n) is 6.66. The van der Waals surface area contributed by atoms with Gasteiger partial charge in [-0.3, -0.25) is 4.79 Å². The van der Waals surface area contributed by atoms with Crippen molar-refractivity contribution in [1.29, 1.82) is 0 Å². The molecule has 1 saturated heterocycles. The Morgan fingerprint density at radius 3 is 2.29 bits per heavy atom. The van der Waals surface area contributed by atoms with Gasteiger partial charge in [-0.05, 0) is 79.4 Å². The highest BCUT2D eigenvalue weighted by atomic mass is 16.5. The van der Waals surface area contributed by atoms with Crippen molar-refractivity contribution in [1.82, 2.24) is 5.43 Å². The summed E-state index contributed by atoms with van der Waals surface area (Å²) in [5, 5.41) is 4.22. The van der Waals surface area contributed by atoms with Crippen LogP contribution in [0.15, 0.2) is 29.4 Å². The highest BCUT2D eigenvalue weighted by Crippen LogP contribution is 2.61. The van der Waals surface area contributed by atoms with Crippen LogP contribution >= 0.6 is 0 Å². The molecule has 28 heavy (non-hydrogen) atoms. The molecule has 4 bridgehead atoms. The summed E-state index contributed by atoms with van der Waals surface area (Å²) in [6, 6.07) is 8.34. The van der Waals surface area contributed by atoms with Crippen LogP contribution in [-0.2, 0) is 9.53 Å². The predicted octanol–water partition coefficient (Wildman–Crippen LogP) is 3.58. The molecule has 5 aliphatic rings. The van der Waals surface area contributed by atoms with Gasteiger partial charge in [0, 0.05) is 25.2 Å². The lowest BCUT2D eigenvalue weighted by Gasteiger charge is -2.56. The molecular weight excluding hydrogens is 350 g/mol. The highest BCUT2D eigenvalue weighted by Gasteiger charge is 2.51. The Hall–Kier alpha value is -1.88. The number of rotatable bonds is 5. The van der Waals surface area contributed by atoms with Gasteiger partial charge >= 0.3 is 0 Å². The standard InChI is InChI=1S/C23H31N3O2/c27-22(15-23-12-18-9-19(13-23)11-20(10-18)14-23)25-24-16-17-1-3-21(4-2-17)26-5-7-28-8-6-26/h1-4,16,18-20H,5-15H2,(H,25,27)/b24-16-. The minimum atomic E-state index is 0.0862. The van der Waals surface area contributed by atoms with Crippen LogP contribution in [0.5, 0.6) is 0 Å². The number of hydrazone groups is 1. The molecule has 0 radical (unpaired) electrons. The number of carbonyl (C=O) groups is 1. The minimum Gasteiger partial charge on any atom is -0.378 e. The van der Waals surface area contributed by atoms with E-state index in [1.807, 2.05) is 0 Å². The van der Waals surface area contributed by atoms with Gasteiger partial charge < -0.3 is 9.64 Å². The number of anilines is 1. The number of morpholine rings is 1. The first-order valence-corrected chi connectivity index (χ1v) is 10.9. The van der Waals surface area contributed by atoms with Crippen LogP contribution in [0.1, 0.15) is 50.5 Å². The van der Waals surface area contributed by atoms with Gasteiger partial charge in [0.15, 0.2) is 0 Å². The van der Waals surface area contributed by atoms with E-state index in [4.69, 9.17) is 4.74 Å². The minimum absolute atomic E-state index is 0.0862. The number of ether oxygens (including phenoxy) is 1. The maximum atomic E-state index is 12.5. The van der Waals surface area contributed by atoms with E-state index in [0.29, 0.717) is 6.42 Å². The van der Waals surface area contributed by atoms with Crippen LogP contribution in [-0.4, -0.2) is 38.4 Å². The van der Waals surface area contributed by atoms with E-state index in [2.05, 4.69) is 39.7 Å². The van der Waals surface area contributed by atoms with Crippen molar-refractivity contribution >= 4 is 17.8 Å². The molecule has 1 aromatic rings. The van der Waals surface area contributed by atoms with Gasteiger partial charge in [0.25, 0.3) is 0 Å². The molecule has 5 fully saturated rings. The van der Waals surface area contributed by atoms with E-state index in [1.54, 1.807) is 6.21 Å². The first-order valence-electron chi connectivity index (χ1n) is 10.9. The van der Waals surface area contributed by atoms with Crippen LogP contribution in [0.3, 0.4) is 0 Å². The second-order valence-electron chi connectivity index (χ2n) is 9.58. The third-order valence-electron chi connectivity index (χ3n) is 7.37. The quantitative estimate of drug-likeness (QED) is 0.627. The Balaban J connectivity index is 1.14. The maximum absolute atomic E-state index is 12.5. The number of nitrogens with one attached hydrogen (secondary N) is 1. The van der Waals surface area contributed by atoms with Crippen molar-refractivity contribution in [2.24, 2.45) is 28.3 Å². The largest absolute Gasteiger partial charge is 0.378 e. The molecule has 1 aromatic carbocycles. The van der Waals surface area contributed by atoms with Crippen LogP contribution in [0.4, 0.5) is 5.69 Å².